The van der Waals surface area contributed by atoms with Crippen molar-refractivity contribution in [2.45, 2.75) is 26.4 Å². The van der Waals surface area contributed by atoms with Crippen LogP contribution in [0, 0.1) is 0 Å². The Labute approximate surface area is 100 Å². The zero-order valence-corrected chi connectivity index (χ0v) is 10.5. The van der Waals surface area contributed by atoms with Crippen LogP contribution in [0.25, 0.3) is 10.9 Å². The van der Waals surface area contributed by atoms with Crippen molar-refractivity contribution >= 4 is 22.5 Å². The molecule has 0 aliphatic carbocycles. The molecule has 0 radical (unpaired) electrons. The molecule has 86 valence electrons. The van der Waals surface area contributed by atoms with Gasteiger partial charge < -0.3 is 5.32 Å². The van der Waals surface area contributed by atoms with E-state index in [1.54, 1.807) is 0 Å². The Morgan fingerprint density at radius 1 is 1.50 bits per heavy atom. The van der Waals surface area contributed by atoms with E-state index >= 15 is 0 Å². The van der Waals surface area contributed by atoms with Crippen LogP contribution in [0.4, 0.5) is 0 Å². The van der Waals surface area contributed by atoms with Crippen LogP contribution in [0.1, 0.15) is 25.5 Å². The van der Waals surface area contributed by atoms with Crippen LogP contribution >= 0.6 is 11.6 Å². The molecule has 2 aromatic rings. The quantitative estimate of drug-likeness (QED) is 0.890. The lowest BCUT2D eigenvalue weighted by Crippen LogP contribution is -2.11. The lowest BCUT2D eigenvalue weighted by Gasteiger charge is -2.09. The summed E-state index contributed by atoms with van der Waals surface area (Å²) in [6.07, 6.45) is 0. The predicted octanol–water partition coefficient (Wildman–Crippen LogP) is 2.99. The van der Waals surface area contributed by atoms with Gasteiger partial charge in [-0.25, -0.2) is 0 Å². The topological polar surface area (TPSA) is 29.9 Å². The Morgan fingerprint density at radius 3 is 2.88 bits per heavy atom. The summed E-state index contributed by atoms with van der Waals surface area (Å²) < 4.78 is 1.82. The number of rotatable bonds is 3. The number of halogens is 1. The van der Waals surface area contributed by atoms with Crippen molar-refractivity contribution in [2.24, 2.45) is 0 Å². The number of aromatic nitrogens is 2. The normalized spacial score (nSPS) is 13.2. The SMILES string of the molecule is CCn1nc2ccc(C(C)NC)cc2c1Cl. The summed E-state index contributed by atoms with van der Waals surface area (Å²) in [7, 11) is 1.95. The van der Waals surface area contributed by atoms with E-state index in [4.69, 9.17) is 11.6 Å². The monoisotopic (exact) mass is 237 g/mol. The Hall–Kier alpha value is -1.06. The molecule has 1 N–H and O–H groups in total. The van der Waals surface area contributed by atoms with Gasteiger partial charge in [-0.05, 0) is 38.6 Å². The minimum Gasteiger partial charge on any atom is -0.313 e. The highest BCUT2D eigenvalue weighted by Gasteiger charge is 2.10. The first-order valence-electron chi connectivity index (χ1n) is 5.50. The van der Waals surface area contributed by atoms with Gasteiger partial charge in [0.2, 0.25) is 0 Å². The van der Waals surface area contributed by atoms with E-state index in [0.29, 0.717) is 6.04 Å². The van der Waals surface area contributed by atoms with Crippen molar-refractivity contribution in [3.8, 4) is 0 Å². The highest BCUT2D eigenvalue weighted by atomic mass is 35.5. The summed E-state index contributed by atoms with van der Waals surface area (Å²) in [6.45, 7) is 4.96. The number of nitrogens with one attached hydrogen (secondary N) is 1. The van der Waals surface area contributed by atoms with Crippen molar-refractivity contribution in [1.29, 1.82) is 0 Å². The fraction of sp³-hybridized carbons (Fsp3) is 0.417. The van der Waals surface area contributed by atoms with Crippen molar-refractivity contribution in [3.05, 3.63) is 28.9 Å². The van der Waals surface area contributed by atoms with Gasteiger partial charge in [-0.2, -0.15) is 5.10 Å². The summed E-state index contributed by atoms with van der Waals surface area (Å²) in [5.41, 5.74) is 2.19. The summed E-state index contributed by atoms with van der Waals surface area (Å²) in [4.78, 5) is 0. The molecule has 1 heterocycles. The lowest BCUT2D eigenvalue weighted by molar-refractivity contribution is 0.653. The molecule has 0 fully saturated rings. The summed E-state index contributed by atoms with van der Waals surface area (Å²) in [5.74, 6) is 0. The molecule has 1 unspecified atom stereocenters. The van der Waals surface area contributed by atoms with E-state index in [1.165, 1.54) is 5.56 Å². The Morgan fingerprint density at radius 2 is 2.25 bits per heavy atom. The Bertz CT molecular complexity index is 504. The fourth-order valence-electron chi connectivity index (χ4n) is 1.76. The van der Waals surface area contributed by atoms with Gasteiger partial charge in [0.25, 0.3) is 0 Å². The fourth-order valence-corrected chi connectivity index (χ4v) is 2.07. The molecule has 0 spiro atoms. The van der Waals surface area contributed by atoms with Gasteiger partial charge in [0.1, 0.15) is 5.15 Å². The third-order valence-corrected chi connectivity index (χ3v) is 3.33. The number of aryl methyl sites for hydroxylation is 1. The highest BCUT2D eigenvalue weighted by Crippen LogP contribution is 2.26. The molecule has 0 aliphatic heterocycles. The van der Waals surface area contributed by atoms with Crippen LogP contribution in [-0.2, 0) is 6.54 Å². The third kappa shape index (κ3) is 1.81. The first kappa shape index (κ1) is 11.4. The van der Waals surface area contributed by atoms with Crippen molar-refractivity contribution in [2.75, 3.05) is 7.05 Å². The van der Waals surface area contributed by atoms with Gasteiger partial charge in [0.05, 0.1) is 5.52 Å². The second kappa shape index (κ2) is 4.44. The minimum absolute atomic E-state index is 0.324. The molecular weight excluding hydrogens is 222 g/mol. The van der Waals surface area contributed by atoms with Gasteiger partial charge in [0, 0.05) is 18.0 Å². The second-order valence-electron chi connectivity index (χ2n) is 3.89. The number of nitrogens with zero attached hydrogens (tertiary/aromatic N) is 2. The smallest absolute Gasteiger partial charge is 0.134 e. The van der Waals surface area contributed by atoms with Crippen molar-refractivity contribution in [3.63, 3.8) is 0 Å². The van der Waals surface area contributed by atoms with E-state index in [2.05, 4.69) is 29.5 Å². The number of hydrogen-bond donors (Lipinski definition) is 1. The first-order valence-corrected chi connectivity index (χ1v) is 5.88. The molecule has 1 aromatic carbocycles. The van der Waals surface area contributed by atoms with Crippen LogP contribution in [0.15, 0.2) is 18.2 Å². The van der Waals surface area contributed by atoms with E-state index in [9.17, 15) is 0 Å². The zero-order chi connectivity index (χ0) is 11.7. The van der Waals surface area contributed by atoms with E-state index < -0.39 is 0 Å². The number of hydrogen-bond acceptors (Lipinski definition) is 2. The molecule has 1 atom stereocenters. The summed E-state index contributed by atoms with van der Waals surface area (Å²) >= 11 is 6.26. The van der Waals surface area contributed by atoms with Crippen LogP contribution in [0.3, 0.4) is 0 Å². The van der Waals surface area contributed by atoms with Crippen LogP contribution in [0.2, 0.25) is 5.15 Å². The molecule has 16 heavy (non-hydrogen) atoms. The second-order valence-corrected chi connectivity index (χ2v) is 4.25. The van der Waals surface area contributed by atoms with Gasteiger partial charge >= 0.3 is 0 Å². The molecule has 1 aromatic heterocycles. The summed E-state index contributed by atoms with van der Waals surface area (Å²) in [6, 6.07) is 6.55. The molecule has 4 heteroatoms. The largest absolute Gasteiger partial charge is 0.313 e. The van der Waals surface area contributed by atoms with Crippen LogP contribution in [0.5, 0.6) is 0 Å². The molecule has 0 saturated carbocycles. The molecule has 0 bridgehead atoms. The van der Waals surface area contributed by atoms with Crippen LogP contribution < -0.4 is 5.32 Å². The average molecular weight is 238 g/mol. The van der Waals surface area contributed by atoms with E-state index in [1.807, 2.05) is 24.7 Å². The summed E-state index contributed by atoms with van der Waals surface area (Å²) in [5, 5.41) is 9.39. The van der Waals surface area contributed by atoms with E-state index in [-0.39, 0.29) is 0 Å². The molecule has 0 aliphatic rings. The van der Waals surface area contributed by atoms with Crippen molar-refractivity contribution in [1.82, 2.24) is 15.1 Å². The maximum Gasteiger partial charge on any atom is 0.134 e. The molecule has 0 saturated heterocycles. The number of benzene rings is 1. The molecular formula is C12H16ClN3. The van der Waals surface area contributed by atoms with Gasteiger partial charge in [-0.3, -0.25) is 4.68 Å². The maximum atomic E-state index is 6.26. The van der Waals surface area contributed by atoms with Gasteiger partial charge in [-0.15, -0.1) is 0 Å². The molecule has 3 nitrogen and oxygen atoms in total. The first-order chi connectivity index (χ1) is 7.67. The van der Waals surface area contributed by atoms with Gasteiger partial charge in [-0.1, -0.05) is 17.7 Å². The van der Waals surface area contributed by atoms with Crippen LogP contribution in [-0.4, -0.2) is 16.8 Å². The standard InChI is InChI=1S/C12H16ClN3/c1-4-16-12(13)10-7-9(8(2)14-3)5-6-11(10)15-16/h5-8,14H,4H2,1-3H3. The molecule has 2 rings (SSSR count). The Balaban J connectivity index is 2.56. The van der Waals surface area contributed by atoms with Crippen molar-refractivity contribution < 1.29 is 0 Å². The van der Waals surface area contributed by atoms with E-state index in [0.717, 1.165) is 22.6 Å². The number of fused-ring (bicyclic) bond motifs is 1. The zero-order valence-electron chi connectivity index (χ0n) is 9.79. The predicted molar refractivity (Wildman–Crippen MR) is 67.9 cm³/mol. The van der Waals surface area contributed by atoms with Gasteiger partial charge in [0.15, 0.2) is 0 Å². The maximum absolute atomic E-state index is 6.26. The minimum atomic E-state index is 0.324. The third-order valence-electron chi connectivity index (χ3n) is 2.93. The lowest BCUT2D eigenvalue weighted by atomic mass is 10.1. The molecule has 0 amide bonds. The highest BCUT2D eigenvalue weighted by molar-refractivity contribution is 6.34. The Kier molecular flexibility index (Phi) is 3.17. The average Bonchev–Trinajstić information content (AvgIpc) is 2.64.